The van der Waals surface area contributed by atoms with E-state index in [0.717, 1.165) is 21.3 Å². The van der Waals surface area contributed by atoms with Gasteiger partial charge in [-0.25, -0.2) is 4.98 Å². The summed E-state index contributed by atoms with van der Waals surface area (Å²) in [6, 6.07) is 13.1. The van der Waals surface area contributed by atoms with Crippen molar-refractivity contribution in [1.29, 1.82) is 0 Å². The molecule has 0 spiro atoms. The predicted molar refractivity (Wildman–Crippen MR) is 109 cm³/mol. The van der Waals surface area contributed by atoms with Crippen molar-refractivity contribution in [3.8, 4) is 5.75 Å². The van der Waals surface area contributed by atoms with Crippen LogP contribution in [0.5, 0.6) is 5.75 Å². The van der Waals surface area contributed by atoms with Gasteiger partial charge in [0.25, 0.3) is 5.91 Å². The van der Waals surface area contributed by atoms with Crippen LogP contribution in [0.4, 0.5) is 18.9 Å². The van der Waals surface area contributed by atoms with Gasteiger partial charge in [-0.05, 0) is 36.8 Å². The number of thioether (sulfide) groups is 1. The number of amides is 1. The van der Waals surface area contributed by atoms with E-state index >= 15 is 0 Å². The van der Waals surface area contributed by atoms with Gasteiger partial charge >= 0.3 is 6.18 Å². The molecule has 9 heteroatoms. The summed E-state index contributed by atoms with van der Waals surface area (Å²) in [5.41, 5.74) is 2.60. The number of anilines is 1. The SMILES string of the molecule is Cc1csc(SCc2ccc(C(=O)Nc3ccccc3OCC(F)(F)F)cc2)n1. The van der Waals surface area contributed by atoms with E-state index in [1.54, 1.807) is 41.3 Å². The molecule has 29 heavy (non-hydrogen) atoms. The maximum atomic E-state index is 12.5. The number of para-hydroxylation sites is 2. The number of hydrogen-bond donors (Lipinski definition) is 1. The van der Waals surface area contributed by atoms with Crippen molar-refractivity contribution in [3.05, 3.63) is 70.7 Å². The van der Waals surface area contributed by atoms with Gasteiger partial charge in [0.05, 0.1) is 5.69 Å². The molecule has 0 aliphatic carbocycles. The lowest BCUT2D eigenvalue weighted by atomic mass is 10.1. The summed E-state index contributed by atoms with van der Waals surface area (Å²) in [4.78, 5) is 16.9. The van der Waals surface area contributed by atoms with Crippen LogP contribution in [0, 0.1) is 6.92 Å². The molecule has 0 aliphatic heterocycles. The van der Waals surface area contributed by atoms with E-state index in [1.807, 2.05) is 24.4 Å². The monoisotopic (exact) mass is 438 g/mol. The van der Waals surface area contributed by atoms with Crippen molar-refractivity contribution in [2.24, 2.45) is 0 Å². The third kappa shape index (κ3) is 6.50. The average molecular weight is 438 g/mol. The number of carbonyl (C=O) groups is 1. The quantitative estimate of drug-likeness (QED) is 0.464. The third-order valence-corrected chi connectivity index (χ3v) is 5.91. The van der Waals surface area contributed by atoms with E-state index in [0.29, 0.717) is 5.56 Å². The first kappa shape index (κ1) is 21.2. The molecule has 2 aromatic carbocycles. The Morgan fingerprint density at radius 3 is 2.55 bits per heavy atom. The van der Waals surface area contributed by atoms with Gasteiger partial charge in [-0.2, -0.15) is 13.2 Å². The minimum absolute atomic E-state index is 0.0371. The number of carbonyl (C=O) groups excluding carboxylic acids is 1. The molecule has 0 fully saturated rings. The smallest absolute Gasteiger partial charge is 0.422 e. The number of nitrogens with zero attached hydrogens (tertiary/aromatic N) is 1. The topological polar surface area (TPSA) is 51.2 Å². The first-order valence-corrected chi connectivity index (χ1v) is 10.4. The summed E-state index contributed by atoms with van der Waals surface area (Å²) in [7, 11) is 0. The van der Waals surface area contributed by atoms with Crippen molar-refractivity contribution in [1.82, 2.24) is 4.98 Å². The van der Waals surface area contributed by atoms with Gasteiger partial charge in [0.2, 0.25) is 0 Å². The molecule has 1 N–H and O–H groups in total. The zero-order valence-electron chi connectivity index (χ0n) is 15.3. The molecule has 3 aromatic rings. The highest BCUT2D eigenvalue weighted by Gasteiger charge is 2.28. The van der Waals surface area contributed by atoms with Crippen molar-refractivity contribution < 1.29 is 22.7 Å². The van der Waals surface area contributed by atoms with Crippen molar-refractivity contribution in [3.63, 3.8) is 0 Å². The van der Waals surface area contributed by atoms with Crippen LogP contribution in [0.25, 0.3) is 0 Å². The number of ether oxygens (including phenoxy) is 1. The maximum Gasteiger partial charge on any atom is 0.422 e. The minimum Gasteiger partial charge on any atom is -0.482 e. The third-order valence-electron chi connectivity index (χ3n) is 3.70. The molecule has 0 bridgehead atoms. The number of alkyl halides is 3. The summed E-state index contributed by atoms with van der Waals surface area (Å²) in [5, 5.41) is 4.59. The molecule has 0 unspecified atom stereocenters. The number of aryl methyl sites for hydroxylation is 1. The van der Waals surface area contributed by atoms with Gasteiger partial charge in [0.1, 0.15) is 10.1 Å². The van der Waals surface area contributed by atoms with Gasteiger partial charge in [-0.3, -0.25) is 4.79 Å². The zero-order valence-corrected chi connectivity index (χ0v) is 17.0. The second-order valence-corrected chi connectivity index (χ2v) is 8.18. The molecular formula is C20H17F3N2O2S2. The van der Waals surface area contributed by atoms with Gasteiger partial charge in [0.15, 0.2) is 6.61 Å². The standard InChI is InChI=1S/C20H17F3N2O2S2/c1-13-10-28-19(24-13)29-11-14-6-8-15(9-7-14)18(26)25-16-4-2-3-5-17(16)27-12-20(21,22)23/h2-10H,11-12H2,1H3,(H,25,26). The fraction of sp³-hybridized carbons (Fsp3) is 0.200. The maximum absolute atomic E-state index is 12.5. The van der Waals surface area contributed by atoms with Crippen LogP contribution in [-0.4, -0.2) is 23.7 Å². The fourth-order valence-electron chi connectivity index (χ4n) is 2.35. The second kappa shape index (κ2) is 9.32. The summed E-state index contributed by atoms with van der Waals surface area (Å²) in [6.45, 7) is 0.519. The fourth-order valence-corrected chi connectivity index (χ4v) is 4.15. The Kier molecular flexibility index (Phi) is 6.81. The van der Waals surface area contributed by atoms with E-state index in [2.05, 4.69) is 10.3 Å². The Hall–Kier alpha value is -2.52. The number of hydrogen-bond acceptors (Lipinski definition) is 5. The van der Waals surface area contributed by atoms with E-state index in [9.17, 15) is 18.0 Å². The number of rotatable bonds is 7. The van der Waals surface area contributed by atoms with Gasteiger partial charge in [-0.1, -0.05) is 36.0 Å². The Balaban J connectivity index is 1.61. The van der Waals surface area contributed by atoms with Crippen molar-refractivity contribution >= 4 is 34.7 Å². The Bertz CT molecular complexity index is 972. The van der Waals surface area contributed by atoms with E-state index in [-0.39, 0.29) is 11.4 Å². The van der Waals surface area contributed by atoms with Gasteiger partial charge in [0, 0.05) is 22.4 Å². The Morgan fingerprint density at radius 2 is 1.90 bits per heavy atom. The Morgan fingerprint density at radius 1 is 1.17 bits per heavy atom. The van der Waals surface area contributed by atoms with Crippen LogP contribution in [0.3, 0.4) is 0 Å². The number of nitrogens with one attached hydrogen (secondary N) is 1. The molecule has 1 amide bonds. The molecule has 0 radical (unpaired) electrons. The van der Waals surface area contributed by atoms with Crippen LogP contribution < -0.4 is 10.1 Å². The number of aromatic nitrogens is 1. The lowest BCUT2D eigenvalue weighted by Crippen LogP contribution is -2.20. The van der Waals surface area contributed by atoms with Crippen LogP contribution in [0.2, 0.25) is 0 Å². The minimum atomic E-state index is -4.46. The molecule has 0 atom stereocenters. The highest BCUT2D eigenvalue weighted by atomic mass is 32.2. The predicted octanol–water partition coefficient (Wildman–Crippen LogP) is 5.94. The zero-order chi connectivity index (χ0) is 20.9. The molecule has 0 aliphatic rings. The van der Waals surface area contributed by atoms with Crippen LogP contribution >= 0.6 is 23.1 Å². The lowest BCUT2D eigenvalue weighted by Gasteiger charge is -2.14. The van der Waals surface area contributed by atoms with E-state index in [1.165, 1.54) is 18.2 Å². The largest absolute Gasteiger partial charge is 0.482 e. The number of thiazole rings is 1. The molecule has 1 aromatic heterocycles. The van der Waals surface area contributed by atoms with Crippen LogP contribution in [0.1, 0.15) is 21.6 Å². The first-order valence-electron chi connectivity index (χ1n) is 8.54. The highest BCUT2D eigenvalue weighted by Crippen LogP contribution is 2.28. The van der Waals surface area contributed by atoms with Crippen molar-refractivity contribution in [2.75, 3.05) is 11.9 Å². The first-order chi connectivity index (χ1) is 13.8. The molecule has 0 saturated carbocycles. The summed E-state index contributed by atoms with van der Waals surface area (Å²) < 4.78 is 43.0. The van der Waals surface area contributed by atoms with E-state index in [4.69, 9.17) is 4.74 Å². The summed E-state index contributed by atoms with van der Waals surface area (Å²) in [6.07, 6.45) is -4.46. The van der Waals surface area contributed by atoms with Crippen LogP contribution in [-0.2, 0) is 5.75 Å². The molecule has 0 saturated heterocycles. The summed E-state index contributed by atoms with van der Waals surface area (Å²) in [5.74, 6) is 0.260. The molecular weight excluding hydrogens is 421 g/mol. The van der Waals surface area contributed by atoms with Crippen LogP contribution in [0.15, 0.2) is 58.3 Å². The summed E-state index contributed by atoms with van der Waals surface area (Å²) >= 11 is 3.21. The molecule has 3 rings (SSSR count). The lowest BCUT2D eigenvalue weighted by molar-refractivity contribution is -0.153. The Labute approximate surface area is 174 Å². The highest BCUT2D eigenvalue weighted by molar-refractivity contribution is 8.00. The normalized spacial score (nSPS) is 11.3. The van der Waals surface area contributed by atoms with E-state index < -0.39 is 18.7 Å². The molecule has 1 heterocycles. The van der Waals surface area contributed by atoms with Gasteiger partial charge in [-0.15, -0.1) is 11.3 Å². The van der Waals surface area contributed by atoms with Crippen molar-refractivity contribution in [2.45, 2.75) is 23.2 Å². The number of benzene rings is 2. The molecule has 152 valence electrons. The number of halogens is 3. The molecule has 4 nitrogen and oxygen atoms in total. The average Bonchev–Trinajstić information content (AvgIpc) is 3.10. The second-order valence-electron chi connectivity index (χ2n) is 6.09. The van der Waals surface area contributed by atoms with Gasteiger partial charge < -0.3 is 10.1 Å².